The number of ether oxygens (including phenoxy) is 1. The number of piperidine rings is 1. The number of carbonyl (C=O) groups is 1. The molecule has 0 spiro atoms. The number of nitrogens with two attached hydrogens (primary N) is 1. The molecule has 1 fully saturated rings. The van der Waals surface area contributed by atoms with Gasteiger partial charge in [0.25, 0.3) is 0 Å². The van der Waals surface area contributed by atoms with Gasteiger partial charge in [0.1, 0.15) is 5.60 Å². The molecule has 1 aliphatic rings. The Morgan fingerprint density at radius 3 is 2.47 bits per heavy atom. The molecule has 0 aromatic carbocycles. The maximum absolute atomic E-state index is 11.9. The van der Waals surface area contributed by atoms with Crippen LogP contribution in [0.2, 0.25) is 0 Å². The zero-order chi connectivity index (χ0) is 13.2. The predicted molar refractivity (Wildman–Crippen MR) is 68.7 cm³/mol. The number of amides is 1. The smallest absolute Gasteiger partial charge is 0.410 e. The van der Waals surface area contributed by atoms with Gasteiger partial charge in [0.15, 0.2) is 0 Å². The Kier molecular flexibility index (Phi) is 4.42. The Hall–Kier alpha value is -0.770. The number of hydrogen-bond acceptors (Lipinski definition) is 3. The second-order valence-electron chi connectivity index (χ2n) is 6.22. The van der Waals surface area contributed by atoms with Crippen LogP contribution in [0, 0.1) is 11.8 Å². The second-order valence-corrected chi connectivity index (χ2v) is 6.22. The van der Waals surface area contributed by atoms with Gasteiger partial charge in [-0.2, -0.15) is 0 Å². The third kappa shape index (κ3) is 4.19. The van der Waals surface area contributed by atoms with E-state index in [4.69, 9.17) is 10.5 Å². The quantitative estimate of drug-likeness (QED) is 0.767. The number of likely N-dealkylation sites (tertiary alicyclic amines) is 1. The van der Waals surface area contributed by atoms with E-state index >= 15 is 0 Å². The van der Waals surface area contributed by atoms with Gasteiger partial charge in [-0.05, 0) is 46.0 Å². The Morgan fingerprint density at radius 2 is 2.06 bits per heavy atom. The van der Waals surface area contributed by atoms with Crippen molar-refractivity contribution >= 4 is 6.09 Å². The lowest BCUT2D eigenvalue weighted by Gasteiger charge is -2.39. The van der Waals surface area contributed by atoms with Gasteiger partial charge in [-0.3, -0.25) is 0 Å². The van der Waals surface area contributed by atoms with Crippen LogP contribution < -0.4 is 5.73 Å². The molecular weight excluding hydrogens is 216 g/mol. The molecule has 100 valence electrons. The highest BCUT2D eigenvalue weighted by Gasteiger charge is 2.32. The van der Waals surface area contributed by atoms with E-state index < -0.39 is 5.60 Å². The van der Waals surface area contributed by atoms with Crippen LogP contribution in [0.15, 0.2) is 0 Å². The third-order valence-electron chi connectivity index (χ3n) is 3.30. The monoisotopic (exact) mass is 242 g/mol. The molecule has 1 rings (SSSR count). The van der Waals surface area contributed by atoms with Crippen molar-refractivity contribution in [3.63, 3.8) is 0 Å². The van der Waals surface area contributed by atoms with Crippen LogP contribution in [0.4, 0.5) is 4.79 Å². The SMILES string of the molecule is CC(N)[C@H]1CCN(C(=O)OC(C)(C)C)C[C@H]1C. The summed E-state index contributed by atoms with van der Waals surface area (Å²) in [5, 5.41) is 0. The number of carbonyl (C=O) groups excluding carboxylic acids is 1. The normalized spacial score (nSPS) is 27.8. The summed E-state index contributed by atoms with van der Waals surface area (Å²) < 4.78 is 5.38. The Labute approximate surface area is 104 Å². The van der Waals surface area contributed by atoms with Crippen LogP contribution in [0.25, 0.3) is 0 Å². The van der Waals surface area contributed by atoms with E-state index in [1.54, 1.807) is 4.90 Å². The van der Waals surface area contributed by atoms with Gasteiger partial charge in [0, 0.05) is 19.1 Å². The zero-order valence-corrected chi connectivity index (χ0v) is 11.7. The minimum Gasteiger partial charge on any atom is -0.444 e. The minimum absolute atomic E-state index is 0.200. The van der Waals surface area contributed by atoms with Crippen molar-refractivity contribution in [3.05, 3.63) is 0 Å². The Bertz CT molecular complexity index is 271. The lowest BCUT2D eigenvalue weighted by atomic mass is 9.82. The fourth-order valence-electron chi connectivity index (χ4n) is 2.44. The first-order valence-corrected chi connectivity index (χ1v) is 6.44. The molecule has 1 unspecified atom stereocenters. The van der Waals surface area contributed by atoms with Crippen molar-refractivity contribution in [1.82, 2.24) is 4.90 Å². The van der Waals surface area contributed by atoms with Gasteiger partial charge in [0.05, 0.1) is 0 Å². The van der Waals surface area contributed by atoms with Gasteiger partial charge in [-0.25, -0.2) is 4.79 Å². The molecule has 1 amide bonds. The summed E-state index contributed by atoms with van der Waals surface area (Å²) in [6.45, 7) is 11.4. The average Bonchev–Trinajstić information content (AvgIpc) is 2.14. The molecule has 17 heavy (non-hydrogen) atoms. The first kappa shape index (κ1) is 14.3. The van der Waals surface area contributed by atoms with Crippen molar-refractivity contribution in [2.24, 2.45) is 17.6 Å². The van der Waals surface area contributed by atoms with Crippen LogP contribution >= 0.6 is 0 Å². The highest BCUT2D eigenvalue weighted by molar-refractivity contribution is 5.68. The van der Waals surface area contributed by atoms with Crippen LogP contribution in [-0.4, -0.2) is 35.7 Å². The number of hydrogen-bond donors (Lipinski definition) is 1. The zero-order valence-electron chi connectivity index (χ0n) is 11.7. The molecular formula is C13H26N2O2. The van der Waals surface area contributed by atoms with Gasteiger partial charge in [-0.15, -0.1) is 0 Å². The number of rotatable bonds is 1. The highest BCUT2D eigenvalue weighted by atomic mass is 16.6. The van der Waals surface area contributed by atoms with E-state index in [0.29, 0.717) is 11.8 Å². The van der Waals surface area contributed by atoms with Crippen molar-refractivity contribution < 1.29 is 9.53 Å². The summed E-state index contributed by atoms with van der Waals surface area (Å²) in [5.74, 6) is 0.949. The molecule has 4 heteroatoms. The van der Waals surface area contributed by atoms with Gasteiger partial charge >= 0.3 is 6.09 Å². The summed E-state index contributed by atoms with van der Waals surface area (Å²) in [6, 6.07) is 0.200. The molecule has 0 radical (unpaired) electrons. The van der Waals surface area contributed by atoms with Gasteiger partial charge < -0.3 is 15.4 Å². The third-order valence-corrected chi connectivity index (χ3v) is 3.30. The van der Waals surface area contributed by atoms with E-state index in [-0.39, 0.29) is 12.1 Å². The molecule has 3 atom stereocenters. The van der Waals surface area contributed by atoms with Crippen molar-refractivity contribution in [1.29, 1.82) is 0 Å². The van der Waals surface area contributed by atoms with E-state index in [1.165, 1.54) is 0 Å². The van der Waals surface area contributed by atoms with E-state index in [1.807, 2.05) is 27.7 Å². The van der Waals surface area contributed by atoms with Crippen molar-refractivity contribution in [2.75, 3.05) is 13.1 Å². The van der Waals surface area contributed by atoms with Gasteiger partial charge in [0.2, 0.25) is 0 Å². The summed E-state index contributed by atoms with van der Waals surface area (Å²) in [6.07, 6.45) is 0.769. The maximum atomic E-state index is 11.9. The Morgan fingerprint density at radius 1 is 1.47 bits per heavy atom. The predicted octanol–water partition coefficient (Wildman–Crippen LogP) is 2.23. The number of nitrogens with zero attached hydrogens (tertiary/aromatic N) is 1. The molecule has 0 aromatic heterocycles. The first-order chi connectivity index (χ1) is 7.70. The van der Waals surface area contributed by atoms with Crippen LogP contribution in [0.3, 0.4) is 0 Å². The van der Waals surface area contributed by atoms with Gasteiger partial charge in [-0.1, -0.05) is 6.92 Å². The topological polar surface area (TPSA) is 55.6 Å². The van der Waals surface area contributed by atoms with Crippen molar-refractivity contribution in [2.45, 2.75) is 52.7 Å². The minimum atomic E-state index is -0.418. The van der Waals surface area contributed by atoms with E-state index in [2.05, 4.69) is 6.92 Å². The molecule has 0 bridgehead atoms. The molecule has 1 heterocycles. The lowest BCUT2D eigenvalue weighted by Crippen LogP contribution is -2.48. The molecule has 1 aliphatic heterocycles. The van der Waals surface area contributed by atoms with E-state index in [0.717, 1.165) is 19.5 Å². The summed E-state index contributed by atoms with van der Waals surface area (Å²) in [4.78, 5) is 13.7. The van der Waals surface area contributed by atoms with E-state index in [9.17, 15) is 4.79 Å². The molecule has 0 aromatic rings. The lowest BCUT2D eigenvalue weighted by molar-refractivity contribution is 0.0102. The first-order valence-electron chi connectivity index (χ1n) is 6.44. The molecule has 1 saturated heterocycles. The highest BCUT2D eigenvalue weighted by Crippen LogP contribution is 2.26. The second kappa shape index (κ2) is 5.25. The fraction of sp³-hybridized carbons (Fsp3) is 0.923. The fourth-order valence-corrected chi connectivity index (χ4v) is 2.44. The van der Waals surface area contributed by atoms with Crippen LogP contribution in [0.1, 0.15) is 41.0 Å². The molecule has 0 saturated carbocycles. The maximum Gasteiger partial charge on any atom is 0.410 e. The Balaban J connectivity index is 2.52. The molecule has 4 nitrogen and oxygen atoms in total. The largest absolute Gasteiger partial charge is 0.444 e. The average molecular weight is 242 g/mol. The molecule has 2 N–H and O–H groups in total. The molecule has 0 aliphatic carbocycles. The summed E-state index contributed by atoms with van der Waals surface area (Å²) >= 11 is 0. The standard InChI is InChI=1S/C13H26N2O2/c1-9-8-15(7-6-11(9)10(2)14)12(16)17-13(3,4)5/h9-11H,6-8,14H2,1-5H3/t9-,10?,11+/m1/s1. The summed E-state index contributed by atoms with van der Waals surface area (Å²) in [7, 11) is 0. The summed E-state index contributed by atoms with van der Waals surface area (Å²) in [5.41, 5.74) is 5.53. The van der Waals surface area contributed by atoms with Crippen molar-refractivity contribution in [3.8, 4) is 0 Å². The van der Waals surface area contributed by atoms with Crippen LogP contribution in [0.5, 0.6) is 0 Å². The van der Waals surface area contributed by atoms with Crippen LogP contribution in [-0.2, 0) is 4.74 Å².